The molecule has 0 radical (unpaired) electrons. The maximum Gasteiger partial charge on any atom is 0.240 e. The van der Waals surface area contributed by atoms with Crippen LogP contribution in [0.1, 0.15) is 37.9 Å². The number of hydrogen-bond acceptors (Lipinski definition) is 4. The number of hydrogen-bond donors (Lipinski definition) is 2. The van der Waals surface area contributed by atoms with Gasteiger partial charge in [-0.25, -0.2) is 9.97 Å². The van der Waals surface area contributed by atoms with Crippen molar-refractivity contribution in [3.63, 3.8) is 0 Å². The van der Waals surface area contributed by atoms with E-state index < -0.39 is 0 Å². The summed E-state index contributed by atoms with van der Waals surface area (Å²) in [5.41, 5.74) is 8.48. The number of aryl methyl sites for hydroxylation is 2. The van der Waals surface area contributed by atoms with Gasteiger partial charge in [0.2, 0.25) is 11.9 Å². The summed E-state index contributed by atoms with van der Waals surface area (Å²) in [6.07, 6.45) is 3.95. The van der Waals surface area contributed by atoms with Crippen molar-refractivity contribution in [2.75, 3.05) is 11.9 Å². The van der Waals surface area contributed by atoms with E-state index >= 15 is 0 Å². The average molecular weight is 286 g/mol. The number of fused-ring (bicyclic) bond motifs is 1. The molecule has 0 spiro atoms. The third-order valence-electron chi connectivity index (χ3n) is 3.33. The Morgan fingerprint density at radius 2 is 1.95 bits per heavy atom. The minimum absolute atomic E-state index is 0.0691. The zero-order valence-electron chi connectivity index (χ0n) is 12.6. The van der Waals surface area contributed by atoms with E-state index in [1.807, 2.05) is 12.1 Å². The van der Waals surface area contributed by atoms with Crippen molar-refractivity contribution in [1.29, 1.82) is 0 Å². The zero-order valence-corrected chi connectivity index (χ0v) is 12.6. The highest BCUT2D eigenvalue weighted by Gasteiger charge is 2.12. The van der Waals surface area contributed by atoms with Gasteiger partial charge in [0.15, 0.2) is 0 Å². The van der Waals surface area contributed by atoms with Crippen LogP contribution in [0.15, 0.2) is 18.2 Å². The van der Waals surface area contributed by atoms with Crippen molar-refractivity contribution in [3.8, 4) is 0 Å². The molecule has 0 fully saturated rings. The number of carbonyl (C=O) groups excluding carboxylic acids is 1. The van der Waals surface area contributed by atoms with E-state index in [0.29, 0.717) is 5.95 Å². The molecule has 1 aromatic carbocycles. The molecular weight excluding hydrogens is 264 g/mol. The van der Waals surface area contributed by atoms with Crippen LogP contribution in [0.25, 0.3) is 10.9 Å². The Labute approximate surface area is 125 Å². The fourth-order valence-electron chi connectivity index (χ4n) is 2.46. The molecule has 21 heavy (non-hydrogen) atoms. The molecule has 1 aromatic heterocycles. The number of nitrogens with two attached hydrogens (primary N) is 1. The number of carbonyl (C=O) groups is 1. The van der Waals surface area contributed by atoms with Crippen molar-refractivity contribution >= 4 is 22.8 Å². The second-order valence-corrected chi connectivity index (χ2v) is 5.06. The standard InChI is InChI=1S/C16H22N4O/c1-3-6-11-8-5-9-13-15(11)12(7-4-2)18-16(19-13)20-14(21)10-17/h5,8-9H,3-4,6-7,10,17H2,1-2H3,(H,18,19,20,21). The summed E-state index contributed by atoms with van der Waals surface area (Å²) in [6, 6.07) is 6.10. The van der Waals surface area contributed by atoms with E-state index in [1.54, 1.807) is 0 Å². The van der Waals surface area contributed by atoms with Crippen LogP contribution < -0.4 is 11.1 Å². The molecule has 0 atom stereocenters. The summed E-state index contributed by atoms with van der Waals surface area (Å²) in [5, 5.41) is 3.78. The second kappa shape index (κ2) is 7.13. The van der Waals surface area contributed by atoms with Crippen LogP contribution in [0.4, 0.5) is 5.95 Å². The van der Waals surface area contributed by atoms with E-state index in [-0.39, 0.29) is 12.5 Å². The SMILES string of the molecule is CCCc1cccc2nc(NC(=O)CN)nc(CCC)c12. The lowest BCUT2D eigenvalue weighted by molar-refractivity contribution is -0.114. The Morgan fingerprint density at radius 3 is 2.62 bits per heavy atom. The first kappa shape index (κ1) is 15.4. The van der Waals surface area contributed by atoms with Gasteiger partial charge in [0.25, 0.3) is 0 Å². The van der Waals surface area contributed by atoms with Gasteiger partial charge in [-0.2, -0.15) is 0 Å². The summed E-state index contributed by atoms with van der Waals surface area (Å²) < 4.78 is 0. The van der Waals surface area contributed by atoms with Crippen LogP contribution >= 0.6 is 0 Å². The first-order valence-electron chi connectivity index (χ1n) is 7.48. The van der Waals surface area contributed by atoms with Gasteiger partial charge in [-0.15, -0.1) is 0 Å². The molecule has 0 aliphatic carbocycles. The number of amides is 1. The topological polar surface area (TPSA) is 80.9 Å². The third kappa shape index (κ3) is 3.55. The van der Waals surface area contributed by atoms with E-state index in [1.165, 1.54) is 5.56 Å². The molecule has 3 N–H and O–H groups in total. The summed E-state index contributed by atoms with van der Waals surface area (Å²) >= 11 is 0. The molecule has 2 aromatic rings. The van der Waals surface area contributed by atoms with Crippen molar-refractivity contribution in [1.82, 2.24) is 9.97 Å². The van der Waals surface area contributed by atoms with Crippen LogP contribution in [0.3, 0.4) is 0 Å². The molecule has 0 saturated carbocycles. The summed E-state index contributed by atoms with van der Waals surface area (Å²) in [7, 11) is 0. The number of nitrogens with one attached hydrogen (secondary N) is 1. The number of aromatic nitrogens is 2. The Kier molecular flexibility index (Phi) is 5.22. The maximum absolute atomic E-state index is 11.4. The number of anilines is 1. The Hall–Kier alpha value is -2.01. The highest BCUT2D eigenvalue weighted by atomic mass is 16.1. The van der Waals surface area contributed by atoms with E-state index in [4.69, 9.17) is 5.73 Å². The van der Waals surface area contributed by atoms with Crippen LogP contribution in [-0.4, -0.2) is 22.4 Å². The molecule has 0 bridgehead atoms. The molecule has 5 heteroatoms. The van der Waals surface area contributed by atoms with Gasteiger partial charge in [0.05, 0.1) is 17.8 Å². The zero-order chi connectivity index (χ0) is 15.2. The first-order valence-corrected chi connectivity index (χ1v) is 7.48. The molecule has 0 aliphatic heterocycles. The van der Waals surface area contributed by atoms with Gasteiger partial charge in [-0.1, -0.05) is 38.8 Å². The summed E-state index contributed by atoms with van der Waals surface area (Å²) in [6.45, 7) is 4.21. The maximum atomic E-state index is 11.4. The largest absolute Gasteiger partial charge is 0.322 e. The Balaban J connectivity index is 2.55. The number of benzene rings is 1. The predicted octanol–water partition coefficient (Wildman–Crippen LogP) is 2.43. The van der Waals surface area contributed by atoms with Gasteiger partial charge < -0.3 is 5.73 Å². The molecule has 1 amide bonds. The predicted molar refractivity (Wildman–Crippen MR) is 85.2 cm³/mol. The molecule has 1 heterocycles. The van der Waals surface area contributed by atoms with Crippen LogP contribution in [0.5, 0.6) is 0 Å². The first-order chi connectivity index (χ1) is 10.2. The summed E-state index contributed by atoms with van der Waals surface area (Å²) in [5.74, 6) is 0.0663. The lowest BCUT2D eigenvalue weighted by Gasteiger charge is -2.12. The minimum Gasteiger partial charge on any atom is -0.322 e. The van der Waals surface area contributed by atoms with Crippen LogP contribution in [0.2, 0.25) is 0 Å². The molecule has 0 unspecified atom stereocenters. The highest BCUT2D eigenvalue weighted by molar-refractivity contribution is 5.92. The molecule has 0 aliphatic rings. The number of nitrogens with zero attached hydrogens (tertiary/aromatic N) is 2. The van der Waals surface area contributed by atoms with Crippen LogP contribution in [0, 0.1) is 0 Å². The fourth-order valence-corrected chi connectivity index (χ4v) is 2.46. The van der Waals surface area contributed by atoms with Gasteiger partial charge in [0.1, 0.15) is 0 Å². The lowest BCUT2D eigenvalue weighted by atomic mass is 10.0. The van der Waals surface area contributed by atoms with E-state index in [0.717, 1.165) is 42.3 Å². The van der Waals surface area contributed by atoms with Crippen molar-refractivity contribution < 1.29 is 4.79 Å². The second-order valence-electron chi connectivity index (χ2n) is 5.06. The Bertz CT molecular complexity index is 639. The Morgan fingerprint density at radius 1 is 1.19 bits per heavy atom. The van der Waals surface area contributed by atoms with Gasteiger partial charge in [0, 0.05) is 5.39 Å². The number of rotatable bonds is 6. The van der Waals surface area contributed by atoms with Crippen LogP contribution in [-0.2, 0) is 17.6 Å². The normalized spacial score (nSPS) is 10.8. The van der Waals surface area contributed by atoms with E-state index in [9.17, 15) is 4.79 Å². The average Bonchev–Trinajstić information content (AvgIpc) is 2.47. The van der Waals surface area contributed by atoms with E-state index in [2.05, 4.69) is 35.2 Å². The van der Waals surface area contributed by atoms with Gasteiger partial charge in [-0.05, 0) is 24.5 Å². The van der Waals surface area contributed by atoms with Crippen molar-refractivity contribution in [2.24, 2.45) is 5.73 Å². The highest BCUT2D eigenvalue weighted by Crippen LogP contribution is 2.24. The molecule has 5 nitrogen and oxygen atoms in total. The smallest absolute Gasteiger partial charge is 0.240 e. The third-order valence-corrected chi connectivity index (χ3v) is 3.33. The molecule has 112 valence electrons. The van der Waals surface area contributed by atoms with Gasteiger partial charge >= 0.3 is 0 Å². The quantitative estimate of drug-likeness (QED) is 0.854. The monoisotopic (exact) mass is 286 g/mol. The minimum atomic E-state index is -0.276. The van der Waals surface area contributed by atoms with Crippen molar-refractivity contribution in [2.45, 2.75) is 39.5 Å². The fraction of sp³-hybridized carbons (Fsp3) is 0.438. The summed E-state index contributed by atoms with van der Waals surface area (Å²) in [4.78, 5) is 20.4. The molecule has 2 rings (SSSR count). The van der Waals surface area contributed by atoms with Gasteiger partial charge in [-0.3, -0.25) is 10.1 Å². The lowest BCUT2D eigenvalue weighted by Crippen LogP contribution is -2.23. The molecular formula is C16H22N4O. The molecule has 0 saturated heterocycles. The van der Waals surface area contributed by atoms with Crippen molar-refractivity contribution in [3.05, 3.63) is 29.5 Å².